The van der Waals surface area contributed by atoms with E-state index in [0.29, 0.717) is 0 Å². The zero-order chi connectivity index (χ0) is 9.68. The molecule has 0 aliphatic heterocycles. The van der Waals surface area contributed by atoms with Crippen molar-refractivity contribution in [2.45, 2.75) is 13.8 Å². The Balaban J connectivity index is 2.61. The molecule has 3 heteroatoms. The van der Waals surface area contributed by atoms with E-state index in [-0.39, 0.29) is 5.12 Å². The van der Waals surface area contributed by atoms with Gasteiger partial charge in [0.25, 0.3) is 0 Å². The Bertz CT molecular complexity index is 279. The highest BCUT2D eigenvalue weighted by molar-refractivity contribution is 8.82. The molecule has 1 aromatic rings. The molecule has 0 unspecified atom stereocenters. The Morgan fingerprint density at radius 1 is 1.31 bits per heavy atom. The number of rotatable bonds is 3. The summed E-state index contributed by atoms with van der Waals surface area (Å²) in [6.07, 6.45) is 0. The first kappa shape index (κ1) is 10.7. The molecule has 0 aliphatic rings. The highest BCUT2D eigenvalue weighted by atomic mass is 33.1. The first-order valence-corrected chi connectivity index (χ1v) is 6.46. The van der Waals surface area contributed by atoms with Crippen LogP contribution < -0.4 is 0 Å². The summed E-state index contributed by atoms with van der Waals surface area (Å²) in [4.78, 5) is 11.5. The molecule has 0 heterocycles. The number of hydrogen-bond donors (Lipinski definition) is 0. The smallest absolute Gasteiger partial charge is 0.229 e. The van der Waals surface area contributed by atoms with Crippen LogP contribution in [0.1, 0.15) is 22.8 Å². The van der Waals surface area contributed by atoms with Crippen LogP contribution in [0.4, 0.5) is 0 Å². The highest BCUT2D eigenvalue weighted by Crippen LogP contribution is 2.25. The van der Waals surface area contributed by atoms with Crippen molar-refractivity contribution in [2.75, 3.05) is 5.75 Å². The SMILES string of the molecule is CCSSC(=O)c1ccc(C)cc1. The average Bonchev–Trinajstić information content (AvgIpc) is 2.15. The van der Waals surface area contributed by atoms with Gasteiger partial charge in [-0.15, -0.1) is 0 Å². The van der Waals surface area contributed by atoms with Crippen molar-refractivity contribution in [1.82, 2.24) is 0 Å². The van der Waals surface area contributed by atoms with Crippen molar-refractivity contribution >= 4 is 26.7 Å². The molecule has 0 amide bonds. The molecule has 70 valence electrons. The first-order valence-electron chi connectivity index (χ1n) is 4.14. The van der Waals surface area contributed by atoms with Crippen LogP contribution in [0.3, 0.4) is 0 Å². The predicted molar refractivity (Wildman–Crippen MR) is 61.2 cm³/mol. The van der Waals surface area contributed by atoms with Crippen molar-refractivity contribution in [2.24, 2.45) is 0 Å². The van der Waals surface area contributed by atoms with Gasteiger partial charge in [0.15, 0.2) is 0 Å². The van der Waals surface area contributed by atoms with Gasteiger partial charge in [0.2, 0.25) is 5.12 Å². The van der Waals surface area contributed by atoms with Crippen LogP contribution in [0.25, 0.3) is 0 Å². The maximum atomic E-state index is 11.5. The van der Waals surface area contributed by atoms with Gasteiger partial charge in [-0.1, -0.05) is 47.5 Å². The second kappa shape index (κ2) is 5.35. The Morgan fingerprint density at radius 2 is 1.92 bits per heavy atom. The molecule has 1 aromatic carbocycles. The van der Waals surface area contributed by atoms with Crippen LogP contribution in [0.15, 0.2) is 24.3 Å². The van der Waals surface area contributed by atoms with Crippen LogP contribution in [-0.2, 0) is 0 Å². The molecular weight excluding hydrogens is 200 g/mol. The van der Waals surface area contributed by atoms with E-state index in [4.69, 9.17) is 0 Å². The fraction of sp³-hybridized carbons (Fsp3) is 0.300. The summed E-state index contributed by atoms with van der Waals surface area (Å²) in [6.45, 7) is 4.06. The van der Waals surface area contributed by atoms with E-state index in [1.807, 2.05) is 38.1 Å². The lowest BCUT2D eigenvalue weighted by Gasteiger charge is -1.98. The van der Waals surface area contributed by atoms with Crippen molar-refractivity contribution in [3.8, 4) is 0 Å². The lowest BCUT2D eigenvalue weighted by atomic mass is 10.2. The zero-order valence-corrected chi connectivity index (χ0v) is 9.37. The summed E-state index contributed by atoms with van der Waals surface area (Å²) < 4.78 is 0. The zero-order valence-electron chi connectivity index (χ0n) is 7.74. The molecule has 0 N–H and O–H groups in total. The van der Waals surface area contributed by atoms with Crippen LogP contribution in [0, 0.1) is 6.92 Å². The van der Waals surface area contributed by atoms with Crippen molar-refractivity contribution < 1.29 is 4.79 Å². The Hall–Kier alpha value is -0.410. The van der Waals surface area contributed by atoms with Gasteiger partial charge < -0.3 is 0 Å². The quantitative estimate of drug-likeness (QED) is 0.713. The number of carbonyl (C=O) groups excluding carboxylic acids is 1. The fourth-order valence-electron chi connectivity index (χ4n) is 0.850. The van der Waals surface area contributed by atoms with Gasteiger partial charge in [0.05, 0.1) is 0 Å². The van der Waals surface area contributed by atoms with E-state index in [9.17, 15) is 4.79 Å². The first-order chi connectivity index (χ1) is 6.24. The van der Waals surface area contributed by atoms with Gasteiger partial charge in [-0.25, -0.2) is 0 Å². The van der Waals surface area contributed by atoms with Gasteiger partial charge in [-0.2, -0.15) is 0 Å². The topological polar surface area (TPSA) is 17.1 Å². The van der Waals surface area contributed by atoms with Crippen LogP contribution in [-0.4, -0.2) is 10.9 Å². The van der Waals surface area contributed by atoms with E-state index in [1.54, 1.807) is 10.8 Å². The molecule has 0 saturated carbocycles. The minimum absolute atomic E-state index is 0.145. The number of benzene rings is 1. The van der Waals surface area contributed by atoms with Crippen molar-refractivity contribution in [1.29, 1.82) is 0 Å². The van der Waals surface area contributed by atoms with Crippen LogP contribution in [0.5, 0.6) is 0 Å². The molecule has 0 spiro atoms. The van der Waals surface area contributed by atoms with Gasteiger partial charge >= 0.3 is 0 Å². The molecule has 0 atom stereocenters. The highest BCUT2D eigenvalue weighted by Gasteiger charge is 2.04. The van der Waals surface area contributed by atoms with Crippen LogP contribution in [0.2, 0.25) is 0 Å². The number of carbonyl (C=O) groups is 1. The molecule has 0 bridgehead atoms. The van der Waals surface area contributed by atoms with Gasteiger partial charge in [-0.05, 0) is 17.7 Å². The third-order valence-electron chi connectivity index (χ3n) is 1.54. The van der Waals surface area contributed by atoms with Crippen LogP contribution >= 0.6 is 21.6 Å². The van der Waals surface area contributed by atoms with E-state index >= 15 is 0 Å². The van der Waals surface area contributed by atoms with Gasteiger partial charge in [0.1, 0.15) is 0 Å². The fourth-order valence-corrected chi connectivity index (χ4v) is 2.27. The molecule has 0 aliphatic carbocycles. The summed E-state index contributed by atoms with van der Waals surface area (Å²) in [6, 6.07) is 7.68. The number of aryl methyl sites for hydroxylation is 1. The summed E-state index contributed by atoms with van der Waals surface area (Å²) in [7, 11) is 2.90. The van der Waals surface area contributed by atoms with E-state index < -0.39 is 0 Å². The Labute approximate surface area is 86.7 Å². The molecular formula is C10H12OS2. The third-order valence-corrected chi connectivity index (χ3v) is 3.80. The van der Waals surface area contributed by atoms with Gasteiger partial charge in [-0.3, -0.25) is 4.79 Å². The largest absolute Gasteiger partial charge is 0.281 e. The standard InChI is InChI=1S/C10H12OS2/c1-3-12-13-10(11)9-6-4-8(2)5-7-9/h4-7H,3H2,1-2H3. The minimum Gasteiger partial charge on any atom is -0.281 e. The maximum absolute atomic E-state index is 11.5. The minimum atomic E-state index is 0.145. The van der Waals surface area contributed by atoms with Gasteiger partial charge in [0, 0.05) is 11.3 Å². The lowest BCUT2D eigenvalue weighted by Crippen LogP contribution is -1.90. The monoisotopic (exact) mass is 212 g/mol. The Morgan fingerprint density at radius 3 is 2.46 bits per heavy atom. The molecule has 0 radical (unpaired) electrons. The summed E-state index contributed by atoms with van der Waals surface area (Å²) in [5, 5.41) is 0.145. The Kier molecular flexibility index (Phi) is 4.39. The second-order valence-corrected chi connectivity index (χ2v) is 5.20. The molecule has 1 rings (SSSR count). The maximum Gasteiger partial charge on any atom is 0.229 e. The molecule has 0 aromatic heterocycles. The molecule has 13 heavy (non-hydrogen) atoms. The lowest BCUT2D eigenvalue weighted by molar-refractivity contribution is 0.109. The predicted octanol–water partition coefficient (Wildman–Crippen LogP) is 3.54. The summed E-state index contributed by atoms with van der Waals surface area (Å²) in [5.41, 5.74) is 1.97. The molecule has 1 nitrogen and oxygen atoms in total. The van der Waals surface area contributed by atoms with Crippen molar-refractivity contribution in [3.05, 3.63) is 35.4 Å². The summed E-state index contributed by atoms with van der Waals surface area (Å²) >= 11 is 0. The van der Waals surface area contributed by atoms with E-state index in [1.165, 1.54) is 16.4 Å². The normalized spacial score (nSPS) is 10.0. The third kappa shape index (κ3) is 3.44. The summed E-state index contributed by atoms with van der Waals surface area (Å²) in [5.74, 6) is 0.961. The second-order valence-electron chi connectivity index (χ2n) is 2.64. The number of hydrogen-bond acceptors (Lipinski definition) is 3. The molecule has 0 fully saturated rings. The van der Waals surface area contributed by atoms with Crippen molar-refractivity contribution in [3.63, 3.8) is 0 Å². The average molecular weight is 212 g/mol. The molecule has 0 saturated heterocycles. The van der Waals surface area contributed by atoms with E-state index in [2.05, 4.69) is 0 Å². The van der Waals surface area contributed by atoms with E-state index in [0.717, 1.165) is 11.3 Å².